The van der Waals surface area contributed by atoms with Crippen LogP contribution < -0.4 is 0 Å². The minimum absolute atomic E-state index is 0.0866. The Morgan fingerprint density at radius 1 is 1.59 bits per heavy atom. The van der Waals surface area contributed by atoms with Crippen LogP contribution in [0.3, 0.4) is 0 Å². The Bertz CT molecular complexity index is 425. The molecule has 1 unspecified atom stereocenters. The zero-order chi connectivity index (χ0) is 12.3. The van der Waals surface area contributed by atoms with Crippen molar-refractivity contribution in [2.24, 2.45) is 0 Å². The van der Waals surface area contributed by atoms with Gasteiger partial charge in [-0.2, -0.15) is 0 Å². The van der Waals surface area contributed by atoms with Crippen LogP contribution in [-0.4, -0.2) is 28.0 Å². The summed E-state index contributed by atoms with van der Waals surface area (Å²) in [7, 11) is 0.357. The Morgan fingerprint density at radius 2 is 2.41 bits per heavy atom. The van der Waals surface area contributed by atoms with E-state index in [2.05, 4.69) is 4.98 Å². The van der Waals surface area contributed by atoms with Crippen LogP contribution in [0.25, 0.3) is 0 Å². The lowest BCUT2D eigenvalue weighted by Crippen LogP contribution is -2.44. The summed E-state index contributed by atoms with van der Waals surface area (Å²) < 4.78 is 16.7. The van der Waals surface area contributed by atoms with Gasteiger partial charge in [0, 0.05) is 28.9 Å². The number of nitrogens with one attached hydrogen (secondary N) is 1. The molecule has 92 valence electrons. The van der Waals surface area contributed by atoms with Gasteiger partial charge in [0.2, 0.25) is 5.90 Å². The van der Waals surface area contributed by atoms with Crippen molar-refractivity contribution in [3.05, 3.63) is 30.1 Å². The Hall–Kier alpha value is -1.23. The van der Waals surface area contributed by atoms with Crippen LogP contribution in [0, 0.1) is 5.41 Å². The molecule has 2 atom stereocenters. The SMILES string of the molecule is COC(=N)[C@]1(c2cccnc2)CCCCS1=O. The van der Waals surface area contributed by atoms with E-state index < -0.39 is 15.5 Å². The summed E-state index contributed by atoms with van der Waals surface area (Å²) >= 11 is 0. The van der Waals surface area contributed by atoms with Gasteiger partial charge in [-0.15, -0.1) is 0 Å². The molecule has 1 fully saturated rings. The molecule has 1 aliphatic heterocycles. The number of aromatic nitrogens is 1. The molecule has 1 aromatic heterocycles. The summed E-state index contributed by atoms with van der Waals surface area (Å²) in [6.07, 6.45) is 5.98. The predicted octanol–water partition coefficient (Wildman–Crippen LogP) is 1.83. The summed E-state index contributed by atoms with van der Waals surface area (Å²) in [6, 6.07) is 3.69. The van der Waals surface area contributed by atoms with Gasteiger partial charge < -0.3 is 4.74 Å². The van der Waals surface area contributed by atoms with Crippen molar-refractivity contribution in [1.29, 1.82) is 5.41 Å². The number of rotatable bonds is 2. The summed E-state index contributed by atoms with van der Waals surface area (Å²) in [6.45, 7) is 0. The quantitative estimate of drug-likeness (QED) is 0.645. The van der Waals surface area contributed by atoms with Crippen LogP contribution in [-0.2, 0) is 20.3 Å². The van der Waals surface area contributed by atoms with Crippen LogP contribution in [0.1, 0.15) is 24.8 Å². The van der Waals surface area contributed by atoms with E-state index in [0.717, 1.165) is 18.4 Å². The van der Waals surface area contributed by atoms with Crippen molar-refractivity contribution in [1.82, 2.24) is 4.98 Å². The maximum atomic E-state index is 12.4. The molecule has 0 bridgehead atoms. The minimum Gasteiger partial charge on any atom is -0.483 e. The maximum absolute atomic E-state index is 12.4. The minimum atomic E-state index is -1.11. The van der Waals surface area contributed by atoms with E-state index in [1.165, 1.54) is 7.11 Å². The number of ether oxygens (including phenoxy) is 1. The highest BCUT2D eigenvalue weighted by molar-refractivity contribution is 7.86. The third kappa shape index (κ3) is 1.99. The molecule has 0 aromatic carbocycles. The van der Waals surface area contributed by atoms with E-state index in [-0.39, 0.29) is 5.90 Å². The summed E-state index contributed by atoms with van der Waals surface area (Å²) in [5, 5.41) is 8.00. The molecule has 0 spiro atoms. The average molecular weight is 252 g/mol. The van der Waals surface area contributed by atoms with Gasteiger partial charge >= 0.3 is 0 Å². The predicted molar refractivity (Wildman–Crippen MR) is 67.5 cm³/mol. The standard InChI is InChI=1S/C12H16N2O2S/c1-16-11(13)12(6-2-3-8-17(12)15)10-5-4-7-14-9-10/h4-5,7,9,13H,2-3,6,8H2,1H3/t12-,17?/m1/s1. The molecule has 1 N–H and O–H groups in total. The lowest BCUT2D eigenvalue weighted by atomic mass is 9.93. The number of hydrogen-bond donors (Lipinski definition) is 1. The van der Waals surface area contributed by atoms with E-state index >= 15 is 0 Å². The topological polar surface area (TPSA) is 63.0 Å². The number of pyridine rings is 1. The molecule has 0 amide bonds. The van der Waals surface area contributed by atoms with Crippen LogP contribution in [0.2, 0.25) is 0 Å². The fourth-order valence-electron chi connectivity index (χ4n) is 2.29. The molecule has 5 heteroatoms. The lowest BCUT2D eigenvalue weighted by Gasteiger charge is -2.35. The molecule has 1 aromatic rings. The molecule has 2 rings (SSSR count). The Morgan fingerprint density at radius 3 is 3.00 bits per heavy atom. The summed E-state index contributed by atoms with van der Waals surface area (Å²) in [4.78, 5) is 4.07. The highest BCUT2D eigenvalue weighted by Gasteiger charge is 2.46. The maximum Gasteiger partial charge on any atom is 0.204 e. The molecule has 0 saturated carbocycles. The molecule has 0 radical (unpaired) electrons. The molecule has 1 saturated heterocycles. The first-order valence-corrected chi connectivity index (χ1v) is 6.95. The monoisotopic (exact) mass is 252 g/mol. The number of nitrogens with zero attached hydrogens (tertiary/aromatic N) is 1. The second-order valence-corrected chi connectivity index (χ2v) is 5.90. The fraction of sp³-hybridized carbons (Fsp3) is 0.500. The van der Waals surface area contributed by atoms with Gasteiger partial charge in [0.25, 0.3) is 0 Å². The number of methoxy groups -OCH3 is 1. The average Bonchev–Trinajstić information content (AvgIpc) is 2.39. The smallest absolute Gasteiger partial charge is 0.204 e. The van der Waals surface area contributed by atoms with Gasteiger partial charge in [0.15, 0.2) is 0 Å². The first-order chi connectivity index (χ1) is 8.21. The van der Waals surface area contributed by atoms with Gasteiger partial charge in [-0.25, -0.2) is 0 Å². The zero-order valence-electron chi connectivity index (χ0n) is 9.81. The molecule has 0 aliphatic carbocycles. The molecule has 17 heavy (non-hydrogen) atoms. The van der Waals surface area contributed by atoms with Crippen LogP contribution in [0.15, 0.2) is 24.5 Å². The fourth-order valence-corrected chi connectivity index (χ4v) is 4.15. The van der Waals surface area contributed by atoms with E-state index in [1.807, 2.05) is 12.1 Å². The second kappa shape index (κ2) is 4.96. The van der Waals surface area contributed by atoms with Crippen molar-refractivity contribution < 1.29 is 8.95 Å². The highest BCUT2D eigenvalue weighted by atomic mass is 32.2. The van der Waals surface area contributed by atoms with E-state index in [1.54, 1.807) is 12.4 Å². The van der Waals surface area contributed by atoms with Crippen LogP contribution in [0.4, 0.5) is 0 Å². The van der Waals surface area contributed by atoms with Crippen molar-refractivity contribution >= 4 is 16.7 Å². The molecule has 4 nitrogen and oxygen atoms in total. The normalized spacial score (nSPS) is 28.6. The molecule has 1 aliphatic rings. The van der Waals surface area contributed by atoms with Gasteiger partial charge in [-0.1, -0.05) is 12.5 Å². The molecule has 2 heterocycles. The van der Waals surface area contributed by atoms with E-state index in [9.17, 15) is 4.21 Å². The van der Waals surface area contributed by atoms with E-state index in [4.69, 9.17) is 10.1 Å². The lowest BCUT2D eigenvalue weighted by molar-refractivity contribution is 0.359. The first-order valence-electron chi connectivity index (χ1n) is 5.64. The van der Waals surface area contributed by atoms with Gasteiger partial charge in [0.05, 0.1) is 7.11 Å². The largest absolute Gasteiger partial charge is 0.483 e. The van der Waals surface area contributed by atoms with Gasteiger partial charge in [-0.3, -0.25) is 14.6 Å². The van der Waals surface area contributed by atoms with Crippen molar-refractivity contribution in [3.63, 3.8) is 0 Å². The third-order valence-electron chi connectivity index (χ3n) is 3.20. The Balaban J connectivity index is 2.50. The summed E-state index contributed by atoms with van der Waals surface area (Å²) in [5.41, 5.74) is 0.824. The Kier molecular flexibility index (Phi) is 3.57. The molecular weight excluding hydrogens is 236 g/mol. The molecular formula is C12H16N2O2S. The zero-order valence-corrected chi connectivity index (χ0v) is 10.6. The van der Waals surface area contributed by atoms with Crippen LogP contribution in [0.5, 0.6) is 0 Å². The highest BCUT2D eigenvalue weighted by Crippen LogP contribution is 2.38. The van der Waals surface area contributed by atoms with Crippen molar-refractivity contribution in [2.45, 2.75) is 24.0 Å². The van der Waals surface area contributed by atoms with Gasteiger partial charge in [-0.05, 0) is 24.5 Å². The summed E-state index contributed by atoms with van der Waals surface area (Å²) in [5.74, 6) is 0.712. The van der Waals surface area contributed by atoms with Crippen molar-refractivity contribution in [2.75, 3.05) is 12.9 Å². The van der Waals surface area contributed by atoms with Crippen LogP contribution >= 0.6 is 0 Å². The Labute approximate surface area is 103 Å². The van der Waals surface area contributed by atoms with E-state index in [0.29, 0.717) is 12.2 Å². The van der Waals surface area contributed by atoms with Crippen molar-refractivity contribution in [3.8, 4) is 0 Å². The third-order valence-corrected chi connectivity index (χ3v) is 5.26. The first kappa shape index (κ1) is 12.2. The number of hydrogen-bond acceptors (Lipinski definition) is 4. The van der Waals surface area contributed by atoms with Gasteiger partial charge in [0.1, 0.15) is 4.75 Å². The second-order valence-electron chi connectivity index (χ2n) is 4.11.